The summed E-state index contributed by atoms with van der Waals surface area (Å²) in [5, 5.41) is 12.4. The number of aliphatic hydroxyl groups is 1. The van der Waals surface area contributed by atoms with Crippen molar-refractivity contribution in [1.82, 2.24) is 4.72 Å². The zero-order valence-electron chi connectivity index (χ0n) is 12.1. The lowest BCUT2D eigenvalue weighted by molar-refractivity contribution is 0.252. The molecule has 0 aromatic heterocycles. The maximum Gasteiger partial charge on any atom is 0.242 e. The van der Waals surface area contributed by atoms with Crippen molar-refractivity contribution in [3.05, 3.63) is 18.2 Å². The topological polar surface area (TPSA) is 104 Å². The van der Waals surface area contributed by atoms with Crippen LogP contribution < -0.4 is 15.8 Å². The smallest absolute Gasteiger partial charge is 0.242 e. The molecule has 5 N–H and O–H groups in total. The van der Waals surface area contributed by atoms with Crippen molar-refractivity contribution in [1.29, 1.82) is 0 Å². The molecule has 0 spiro atoms. The summed E-state index contributed by atoms with van der Waals surface area (Å²) in [4.78, 5) is 0.0610. The van der Waals surface area contributed by atoms with Crippen LogP contribution in [0.15, 0.2) is 23.1 Å². The van der Waals surface area contributed by atoms with Gasteiger partial charge < -0.3 is 16.2 Å². The third-order valence-corrected chi connectivity index (χ3v) is 4.95. The second-order valence-electron chi connectivity index (χ2n) is 4.97. The Bertz CT molecular complexity index is 560. The van der Waals surface area contributed by atoms with E-state index in [-0.39, 0.29) is 22.7 Å². The molecule has 1 aromatic rings. The van der Waals surface area contributed by atoms with Gasteiger partial charge in [-0.05, 0) is 45.0 Å². The summed E-state index contributed by atoms with van der Waals surface area (Å²) in [5.41, 5.74) is 6.47. The summed E-state index contributed by atoms with van der Waals surface area (Å²) in [6.07, 6.45) is 1.42. The average molecular weight is 301 g/mol. The number of rotatable bonds is 7. The van der Waals surface area contributed by atoms with Crippen molar-refractivity contribution in [2.75, 3.05) is 24.7 Å². The Kier molecular flexibility index (Phi) is 5.38. The van der Waals surface area contributed by atoms with Gasteiger partial charge in [-0.15, -0.1) is 0 Å². The van der Waals surface area contributed by atoms with E-state index in [0.717, 1.165) is 12.1 Å². The molecule has 0 amide bonds. The van der Waals surface area contributed by atoms with Gasteiger partial charge in [0.1, 0.15) is 4.90 Å². The summed E-state index contributed by atoms with van der Waals surface area (Å²) in [6.45, 7) is 4.10. The largest absolute Gasteiger partial charge is 0.398 e. The lowest BCUT2D eigenvalue weighted by atomic mass is 9.94. The number of aliphatic hydroxyl groups excluding tert-OH is 1. The fourth-order valence-corrected chi connectivity index (χ4v) is 2.74. The van der Waals surface area contributed by atoms with E-state index >= 15 is 0 Å². The highest BCUT2D eigenvalue weighted by atomic mass is 32.2. The van der Waals surface area contributed by atoms with Crippen LogP contribution in [0.25, 0.3) is 0 Å². The fourth-order valence-electron chi connectivity index (χ4n) is 1.90. The molecule has 0 saturated carbocycles. The first kappa shape index (κ1) is 16.7. The Morgan fingerprint density at radius 2 is 2.05 bits per heavy atom. The van der Waals surface area contributed by atoms with Crippen molar-refractivity contribution in [3.63, 3.8) is 0 Å². The molecular weight excluding hydrogens is 278 g/mol. The van der Waals surface area contributed by atoms with Gasteiger partial charge in [0.15, 0.2) is 0 Å². The Morgan fingerprint density at radius 3 is 2.50 bits per heavy atom. The first-order chi connectivity index (χ1) is 9.28. The Labute approximate surface area is 120 Å². The lowest BCUT2D eigenvalue weighted by Gasteiger charge is -2.30. The van der Waals surface area contributed by atoms with Gasteiger partial charge in [-0.2, -0.15) is 0 Å². The summed E-state index contributed by atoms with van der Waals surface area (Å²) in [5.74, 6) is 0. The normalized spacial score (nSPS) is 14.8. The molecule has 1 atom stereocenters. The second-order valence-corrected chi connectivity index (χ2v) is 6.83. The third-order valence-electron chi connectivity index (χ3n) is 3.46. The highest BCUT2D eigenvalue weighted by molar-refractivity contribution is 7.89. The zero-order valence-corrected chi connectivity index (χ0v) is 12.9. The Hall–Kier alpha value is -1.31. The number of nitrogens with one attached hydrogen (secondary N) is 2. The summed E-state index contributed by atoms with van der Waals surface area (Å²) in [7, 11) is -2.20. The average Bonchev–Trinajstić information content (AvgIpc) is 2.38. The number of benzene rings is 1. The van der Waals surface area contributed by atoms with Crippen molar-refractivity contribution in [2.24, 2.45) is 0 Å². The number of sulfonamides is 1. The van der Waals surface area contributed by atoms with Crippen LogP contribution in [0.3, 0.4) is 0 Å². The zero-order chi connectivity index (χ0) is 15.4. The minimum absolute atomic E-state index is 0.0610. The maximum atomic E-state index is 11.7. The minimum atomic E-state index is -3.55. The van der Waals surface area contributed by atoms with E-state index in [9.17, 15) is 8.42 Å². The van der Waals surface area contributed by atoms with Gasteiger partial charge in [0.25, 0.3) is 0 Å². The molecular formula is C13H23N3O3S. The summed E-state index contributed by atoms with van der Waals surface area (Å²) < 4.78 is 25.7. The first-order valence-electron chi connectivity index (χ1n) is 6.50. The molecule has 1 aromatic carbocycles. The van der Waals surface area contributed by atoms with Crippen LogP contribution in [0.4, 0.5) is 11.4 Å². The summed E-state index contributed by atoms with van der Waals surface area (Å²) in [6, 6.07) is 4.74. The lowest BCUT2D eigenvalue weighted by Crippen LogP contribution is -2.35. The van der Waals surface area contributed by atoms with Gasteiger partial charge in [0.2, 0.25) is 10.0 Å². The minimum Gasteiger partial charge on any atom is -0.398 e. The molecule has 0 radical (unpaired) electrons. The molecule has 6 nitrogen and oxygen atoms in total. The van der Waals surface area contributed by atoms with Crippen LogP contribution in [-0.2, 0) is 10.0 Å². The van der Waals surface area contributed by atoms with Gasteiger partial charge >= 0.3 is 0 Å². The number of anilines is 2. The van der Waals surface area contributed by atoms with E-state index in [0.29, 0.717) is 6.42 Å². The predicted molar refractivity (Wildman–Crippen MR) is 81.1 cm³/mol. The molecule has 0 heterocycles. The van der Waals surface area contributed by atoms with E-state index in [1.165, 1.54) is 13.1 Å². The molecule has 1 unspecified atom stereocenters. The van der Waals surface area contributed by atoms with Gasteiger partial charge in [-0.25, -0.2) is 13.1 Å². The van der Waals surface area contributed by atoms with Gasteiger partial charge in [0.05, 0.1) is 5.69 Å². The van der Waals surface area contributed by atoms with Crippen molar-refractivity contribution < 1.29 is 13.5 Å². The monoisotopic (exact) mass is 301 g/mol. The molecule has 0 fully saturated rings. The standard InChI is InChI=1S/C13H23N3O3S/c1-4-13(2,7-8-17)16-10-5-6-12(11(14)9-10)20(18,19)15-3/h5-6,9,15-17H,4,7-8,14H2,1-3H3. The molecule has 0 bridgehead atoms. The summed E-state index contributed by atoms with van der Waals surface area (Å²) >= 11 is 0. The highest BCUT2D eigenvalue weighted by Gasteiger charge is 2.22. The van der Waals surface area contributed by atoms with E-state index in [1.54, 1.807) is 12.1 Å². The van der Waals surface area contributed by atoms with Crippen LogP contribution in [0.1, 0.15) is 26.7 Å². The van der Waals surface area contributed by atoms with Crippen LogP contribution in [0.2, 0.25) is 0 Å². The quantitative estimate of drug-likeness (QED) is 0.565. The SMILES string of the molecule is CCC(C)(CCO)Nc1ccc(S(=O)(=O)NC)c(N)c1. The van der Waals surface area contributed by atoms with E-state index in [4.69, 9.17) is 10.8 Å². The number of hydrogen-bond acceptors (Lipinski definition) is 5. The van der Waals surface area contributed by atoms with Gasteiger partial charge in [0, 0.05) is 17.8 Å². The van der Waals surface area contributed by atoms with Crippen LogP contribution in [0, 0.1) is 0 Å². The number of nitrogen functional groups attached to an aromatic ring is 1. The van der Waals surface area contributed by atoms with Crippen molar-refractivity contribution >= 4 is 21.4 Å². The van der Waals surface area contributed by atoms with Crippen LogP contribution in [-0.4, -0.2) is 32.7 Å². The Morgan fingerprint density at radius 1 is 1.40 bits per heavy atom. The molecule has 0 aliphatic heterocycles. The van der Waals surface area contributed by atoms with E-state index < -0.39 is 10.0 Å². The molecule has 7 heteroatoms. The molecule has 0 aliphatic rings. The maximum absolute atomic E-state index is 11.7. The third kappa shape index (κ3) is 3.84. The molecule has 0 aliphatic carbocycles. The highest BCUT2D eigenvalue weighted by Crippen LogP contribution is 2.26. The Balaban J connectivity index is 3.04. The molecule has 20 heavy (non-hydrogen) atoms. The molecule has 1 rings (SSSR count). The fraction of sp³-hybridized carbons (Fsp3) is 0.538. The van der Waals surface area contributed by atoms with Crippen molar-refractivity contribution in [3.8, 4) is 0 Å². The predicted octanol–water partition coefficient (Wildman–Crippen LogP) is 1.14. The number of nitrogens with two attached hydrogens (primary N) is 1. The second kappa shape index (κ2) is 6.43. The number of hydrogen-bond donors (Lipinski definition) is 4. The van der Waals surface area contributed by atoms with Gasteiger partial charge in [-0.1, -0.05) is 6.92 Å². The molecule has 0 saturated heterocycles. The first-order valence-corrected chi connectivity index (χ1v) is 7.98. The van der Waals surface area contributed by atoms with E-state index in [1.807, 2.05) is 13.8 Å². The van der Waals surface area contributed by atoms with Crippen LogP contribution >= 0.6 is 0 Å². The van der Waals surface area contributed by atoms with Crippen molar-refractivity contribution in [2.45, 2.75) is 37.1 Å². The van der Waals surface area contributed by atoms with E-state index in [2.05, 4.69) is 10.0 Å². The van der Waals surface area contributed by atoms with Crippen LogP contribution in [0.5, 0.6) is 0 Å². The molecule has 114 valence electrons. The van der Waals surface area contributed by atoms with Gasteiger partial charge in [-0.3, -0.25) is 0 Å².